The van der Waals surface area contributed by atoms with Gasteiger partial charge in [0.05, 0.1) is 11.1 Å². The topological polar surface area (TPSA) is 88.8 Å². The number of anilines is 2. The Morgan fingerprint density at radius 3 is 2.72 bits per heavy atom. The minimum Gasteiger partial charge on any atom is -0.317 e. The minimum absolute atomic E-state index is 0.0779. The van der Waals surface area contributed by atoms with Crippen molar-refractivity contribution in [3.05, 3.63) is 60.7 Å². The van der Waals surface area contributed by atoms with Crippen LogP contribution >= 0.6 is 0 Å². The maximum Gasteiger partial charge on any atom is 0.243 e. The highest BCUT2D eigenvalue weighted by molar-refractivity contribution is 6.15. The third-order valence-electron chi connectivity index (χ3n) is 6.69. The number of imidazole rings is 1. The number of amides is 1. The van der Waals surface area contributed by atoms with Crippen LogP contribution in [0.4, 0.5) is 11.5 Å². The molecule has 1 fully saturated rings. The molecular weight excluding hydrogens is 402 g/mol. The van der Waals surface area contributed by atoms with Crippen molar-refractivity contribution in [2.45, 2.75) is 31.7 Å². The number of hydrogen-bond acceptors (Lipinski definition) is 6. The molecule has 0 radical (unpaired) electrons. The molecule has 160 valence electrons. The van der Waals surface area contributed by atoms with Crippen LogP contribution in [0.25, 0.3) is 22.6 Å². The van der Waals surface area contributed by atoms with E-state index in [9.17, 15) is 4.79 Å². The van der Waals surface area contributed by atoms with Crippen LogP contribution in [0.15, 0.2) is 55.1 Å². The van der Waals surface area contributed by atoms with Gasteiger partial charge in [-0.15, -0.1) is 0 Å². The number of hydrogen-bond donors (Lipinski definition) is 1. The number of para-hydroxylation sites is 1. The van der Waals surface area contributed by atoms with E-state index in [2.05, 4.69) is 33.3 Å². The summed E-state index contributed by atoms with van der Waals surface area (Å²) in [4.78, 5) is 34.1. The van der Waals surface area contributed by atoms with E-state index < -0.39 is 5.41 Å². The molecule has 0 saturated carbocycles. The van der Waals surface area contributed by atoms with E-state index in [0.717, 1.165) is 48.6 Å². The van der Waals surface area contributed by atoms with Gasteiger partial charge in [0.1, 0.15) is 12.2 Å². The number of carbonyl (C=O) groups excluding carboxylic acids is 1. The molecule has 1 saturated heterocycles. The van der Waals surface area contributed by atoms with Gasteiger partial charge in [-0.05, 0) is 56.6 Å². The van der Waals surface area contributed by atoms with E-state index in [1.165, 1.54) is 6.33 Å². The summed E-state index contributed by atoms with van der Waals surface area (Å²) >= 11 is 0. The third kappa shape index (κ3) is 2.56. The zero-order chi connectivity index (χ0) is 21.7. The van der Waals surface area contributed by atoms with E-state index in [4.69, 9.17) is 4.98 Å². The van der Waals surface area contributed by atoms with Gasteiger partial charge in [0.15, 0.2) is 17.0 Å². The summed E-state index contributed by atoms with van der Waals surface area (Å²) in [5.74, 6) is 1.39. The largest absolute Gasteiger partial charge is 0.317 e. The summed E-state index contributed by atoms with van der Waals surface area (Å²) in [6.07, 6.45) is 6.62. The molecule has 5 heterocycles. The van der Waals surface area contributed by atoms with Crippen LogP contribution in [0.2, 0.25) is 0 Å². The molecule has 1 N–H and O–H groups in total. The van der Waals surface area contributed by atoms with Gasteiger partial charge < -0.3 is 9.88 Å². The highest BCUT2D eigenvalue weighted by Crippen LogP contribution is 2.50. The van der Waals surface area contributed by atoms with Crippen molar-refractivity contribution >= 4 is 28.6 Å². The zero-order valence-electron chi connectivity index (χ0n) is 17.8. The van der Waals surface area contributed by atoms with E-state index in [1.54, 1.807) is 17.3 Å². The lowest BCUT2D eigenvalue weighted by atomic mass is 9.74. The molecule has 0 aliphatic carbocycles. The molecule has 6 rings (SSSR count). The molecule has 8 heteroatoms. The summed E-state index contributed by atoms with van der Waals surface area (Å²) < 4.78 is 2.05. The molecule has 3 aromatic heterocycles. The fourth-order valence-corrected chi connectivity index (χ4v) is 5.16. The lowest BCUT2D eigenvalue weighted by Gasteiger charge is -2.32. The van der Waals surface area contributed by atoms with Crippen LogP contribution in [0.1, 0.15) is 25.3 Å². The van der Waals surface area contributed by atoms with Gasteiger partial charge in [-0.3, -0.25) is 14.7 Å². The van der Waals surface area contributed by atoms with Gasteiger partial charge in [0.25, 0.3) is 0 Å². The van der Waals surface area contributed by atoms with Crippen molar-refractivity contribution in [2.24, 2.45) is 0 Å². The first kappa shape index (κ1) is 19.1. The number of benzene rings is 1. The lowest BCUT2D eigenvalue weighted by molar-refractivity contribution is -0.123. The Labute approximate surface area is 185 Å². The van der Waals surface area contributed by atoms with Gasteiger partial charge in [0.2, 0.25) is 5.91 Å². The summed E-state index contributed by atoms with van der Waals surface area (Å²) in [7, 11) is 0. The minimum atomic E-state index is -0.515. The lowest BCUT2D eigenvalue weighted by Crippen LogP contribution is -2.46. The van der Waals surface area contributed by atoms with Crippen LogP contribution in [0, 0.1) is 0 Å². The molecule has 1 amide bonds. The monoisotopic (exact) mass is 425 g/mol. The number of carbonyl (C=O) groups is 1. The Morgan fingerprint density at radius 1 is 1.09 bits per heavy atom. The summed E-state index contributed by atoms with van der Waals surface area (Å²) in [5, 5.41) is 3.39. The average molecular weight is 425 g/mol. The first-order valence-electron chi connectivity index (χ1n) is 11.0. The Hall–Kier alpha value is -3.65. The van der Waals surface area contributed by atoms with Crippen molar-refractivity contribution in [1.29, 1.82) is 0 Å². The predicted octanol–water partition coefficient (Wildman–Crippen LogP) is 3.21. The number of nitrogens with zero attached hydrogens (tertiary/aromatic N) is 6. The molecule has 1 spiro atoms. The smallest absolute Gasteiger partial charge is 0.243 e. The molecular formula is C24H23N7O. The fourth-order valence-electron chi connectivity index (χ4n) is 5.16. The predicted molar refractivity (Wildman–Crippen MR) is 122 cm³/mol. The molecule has 2 aliphatic heterocycles. The number of piperidine rings is 1. The van der Waals surface area contributed by atoms with Gasteiger partial charge in [-0.1, -0.05) is 18.2 Å². The maximum atomic E-state index is 14.0. The zero-order valence-corrected chi connectivity index (χ0v) is 17.8. The summed E-state index contributed by atoms with van der Waals surface area (Å²) in [6.45, 7) is 4.39. The van der Waals surface area contributed by atoms with Crippen LogP contribution in [0.5, 0.6) is 0 Å². The van der Waals surface area contributed by atoms with E-state index >= 15 is 0 Å². The number of fused-ring (bicyclic) bond motifs is 3. The van der Waals surface area contributed by atoms with E-state index in [-0.39, 0.29) is 5.91 Å². The third-order valence-corrected chi connectivity index (χ3v) is 6.69. The number of pyridine rings is 1. The van der Waals surface area contributed by atoms with Gasteiger partial charge in [0, 0.05) is 24.5 Å². The number of aryl methyl sites for hydroxylation is 1. The van der Waals surface area contributed by atoms with Crippen molar-refractivity contribution in [3.8, 4) is 11.4 Å². The fraction of sp³-hybridized carbons (Fsp3) is 0.292. The van der Waals surface area contributed by atoms with Crippen molar-refractivity contribution in [1.82, 2.24) is 29.8 Å². The first-order chi connectivity index (χ1) is 15.7. The number of nitrogens with one attached hydrogen (secondary N) is 1. The van der Waals surface area contributed by atoms with E-state index in [1.807, 2.05) is 34.9 Å². The number of rotatable bonds is 3. The molecule has 4 aromatic rings. The van der Waals surface area contributed by atoms with Crippen LogP contribution < -0.4 is 10.2 Å². The van der Waals surface area contributed by atoms with E-state index in [0.29, 0.717) is 23.5 Å². The van der Waals surface area contributed by atoms with Crippen molar-refractivity contribution in [2.75, 3.05) is 18.0 Å². The standard InChI is InChI=1S/C24H23N7O/c1-2-30-20(16-6-5-11-26-14-16)29-19-21(30)27-15-28-22(19)31-18-8-4-3-7-17(18)24(23(31)32)9-12-25-13-10-24/h3-8,11,14-15,25H,2,9-10,12-13H2,1H3. The normalized spacial score (nSPS) is 17.3. The molecule has 0 bridgehead atoms. The second-order valence-electron chi connectivity index (χ2n) is 8.28. The Kier molecular flexibility index (Phi) is 4.29. The summed E-state index contributed by atoms with van der Waals surface area (Å²) in [6, 6.07) is 12.0. The van der Waals surface area contributed by atoms with Crippen LogP contribution in [-0.4, -0.2) is 43.5 Å². The molecule has 0 unspecified atom stereocenters. The van der Waals surface area contributed by atoms with Crippen LogP contribution in [0.3, 0.4) is 0 Å². The second-order valence-corrected chi connectivity index (χ2v) is 8.28. The quantitative estimate of drug-likeness (QED) is 0.542. The Morgan fingerprint density at radius 2 is 1.94 bits per heavy atom. The van der Waals surface area contributed by atoms with Crippen molar-refractivity contribution < 1.29 is 4.79 Å². The Bertz CT molecular complexity index is 1320. The number of aromatic nitrogens is 5. The van der Waals surface area contributed by atoms with Gasteiger partial charge in [-0.25, -0.2) is 15.0 Å². The maximum absolute atomic E-state index is 14.0. The molecule has 0 atom stereocenters. The highest BCUT2D eigenvalue weighted by atomic mass is 16.2. The molecule has 2 aliphatic rings. The SMILES string of the molecule is CCn1c(-c2cccnc2)nc2c(N3C(=O)C4(CCNCC4)c4ccccc43)ncnc21. The molecule has 32 heavy (non-hydrogen) atoms. The van der Waals surface area contributed by atoms with Gasteiger partial charge >= 0.3 is 0 Å². The molecule has 8 nitrogen and oxygen atoms in total. The van der Waals surface area contributed by atoms with Crippen molar-refractivity contribution in [3.63, 3.8) is 0 Å². The van der Waals surface area contributed by atoms with Gasteiger partial charge in [-0.2, -0.15) is 0 Å². The molecule has 1 aromatic carbocycles. The average Bonchev–Trinajstić information content (AvgIpc) is 3.34. The summed E-state index contributed by atoms with van der Waals surface area (Å²) in [5.41, 5.74) is 3.71. The second kappa shape index (κ2) is 7.20. The Balaban J connectivity index is 1.58. The first-order valence-corrected chi connectivity index (χ1v) is 11.0. The highest BCUT2D eigenvalue weighted by Gasteiger charge is 2.52. The van der Waals surface area contributed by atoms with Crippen LogP contribution in [-0.2, 0) is 16.8 Å².